The summed E-state index contributed by atoms with van der Waals surface area (Å²) in [5.74, 6) is -0.290. The first-order chi connectivity index (χ1) is 11.1. The van der Waals surface area contributed by atoms with E-state index in [0.717, 1.165) is 31.2 Å². The van der Waals surface area contributed by atoms with Gasteiger partial charge in [-0.15, -0.1) is 12.4 Å². The number of aliphatic hydroxyl groups excluding tert-OH is 1. The van der Waals surface area contributed by atoms with Crippen molar-refractivity contribution in [3.63, 3.8) is 0 Å². The van der Waals surface area contributed by atoms with Gasteiger partial charge in [0.25, 0.3) is 0 Å². The number of hydrogen-bond acceptors (Lipinski definition) is 3. The Balaban J connectivity index is 0.00000208. The molecule has 1 aliphatic carbocycles. The van der Waals surface area contributed by atoms with Crippen molar-refractivity contribution in [3.8, 4) is 0 Å². The molecule has 1 saturated carbocycles. The Kier molecular flexibility index (Phi) is 6.61. The lowest BCUT2D eigenvalue weighted by Gasteiger charge is -2.38. The third kappa shape index (κ3) is 4.26. The van der Waals surface area contributed by atoms with E-state index in [9.17, 15) is 14.3 Å². The Morgan fingerprint density at radius 2 is 2.08 bits per heavy atom. The minimum absolute atomic E-state index is 0. The van der Waals surface area contributed by atoms with E-state index in [2.05, 4.69) is 10.6 Å². The lowest BCUT2D eigenvalue weighted by molar-refractivity contribution is -0.123. The van der Waals surface area contributed by atoms with Crippen molar-refractivity contribution in [2.75, 3.05) is 13.1 Å². The van der Waals surface area contributed by atoms with Crippen LogP contribution in [0.15, 0.2) is 24.3 Å². The average molecular weight is 357 g/mol. The number of amides is 1. The molecule has 2 atom stereocenters. The molecule has 0 radical (unpaired) electrons. The van der Waals surface area contributed by atoms with Gasteiger partial charge < -0.3 is 15.7 Å². The molecule has 1 heterocycles. The Hall–Kier alpha value is -1.17. The predicted molar refractivity (Wildman–Crippen MR) is 93.8 cm³/mol. The van der Waals surface area contributed by atoms with E-state index in [0.29, 0.717) is 19.5 Å². The number of hydrogen-bond donors (Lipinski definition) is 3. The lowest BCUT2D eigenvalue weighted by Crippen LogP contribution is -2.47. The summed E-state index contributed by atoms with van der Waals surface area (Å²) in [5.41, 5.74) is 0.810. The van der Waals surface area contributed by atoms with Crippen LogP contribution in [-0.4, -0.2) is 36.2 Å². The third-order valence-corrected chi connectivity index (χ3v) is 5.27. The van der Waals surface area contributed by atoms with Gasteiger partial charge in [0.05, 0.1) is 12.1 Å². The lowest BCUT2D eigenvalue weighted by atomic mass is 9.69. The van der Waals surface area contributed by atoms with Crippen molar-refractivity contribution >= 4 is 18.3 Å². The Labute approximate surface area is 148 Å². The molecule has 134 valence electrons. The van der Waals surface area contributed by atoms with Crippen molar-refractivity contribution in [2.45, 2.75) is 56.1 Å². The molecule has 1 saturated heterocycles. The van der Waals surface area contributed by atoms with Crippen LogP contribution in [0.5, 0.6) is 0 Å². The number of carbonyl (C=O) groups is 1. The van der Waals surface area contributed by atoms with Crippen LogP contribution >= 0.6 is 12.4 Å². The van der Waals surface area contributed by atoms with Crippen LogP contribution in [0.1, 0.15) is 44.1 Å². The van der Waals surface area contributed by atoms with Crippen LogP contribution in [0.2, 0.25) is 0 Å². The Morgan fingerprint density at radius 3 is 2.71 bits per heavy atom. The van der Waals surface area contributed by atoms with Crippen LogP contribution in [0.3, 0.4) is 0 Å². The van der Waals surface area contributed by atoms with Crippen molar-refractivity contribution in [1.29, 1.82) is 0 Å². The fourth-order valence-electron chi connectivity index (χ4n) is 3.91. The second-order valence-electron chi connectivity index (χ2n) is 6.92. The number of rotatable bonds is 4. The second kappa shape index (κ2) is 8.28. The van der Waals surface area contributed by atoms with Crippen LogP contribution < -0.4 is 10.6 Å². The zero-order chi connectivity index (χ0) is 16.3. The van der Waals surface area contributed by atoms with Gasteiger partial charge in [-0.25, -0.2) is 4.39 Å². The molecule has 6 heteroatoms. The number of carbonyl (C=O) groups excluding carboxylic acids is 1. The standard InChI is InChI=1S/C18H25FN2O2.ClH/c19-14-6-4-5-13(9-14)18(7-2-1-3-8-18)12-21-17(23)16-10-15(22)11-20-16;/h4-6,9,15-16,20,22H,1-3,7-8,10-12H2,(H,21,23);1H. The first-order valence-electron chi connectivity index (χ1n) is 8.54. The molecule has 1 aromatic rings. The van der Waals surface area contributed by atoms with Crippen LogP contribution in [0, 0.1) is 5.82 Å². The van der Waals surface area contributed by atoms with Crippen LogP contribution in [0.25, 0.3) is 0 Å². The topological polar surface area (TPSA) is 61.4 Å². The quantitative estimate of drug-likeness (QED) is 0.775. The van der Waals surface area contributed by atoms with Gasteiger partial charge in [0, 0.05) is 18.5 Å². The van der Waals surface area contributed by atoms with E-state index in [-0.39, 0.29) is 35.6 Å². The molecule has 1 aliphatic heterocycles. The van der Waals surface area contributed by atoms with Gasteiger partial charge in [0.2, 0.25) is 5.91 Å². The fourth-order valence-corrected chi connectivity index (χ4v) is 3.91. The summed E-state index contributed by atoms with van der Waals surface area (Å²) in [4.78, 5) is 12.3. The first-order valence-corrected chi connectivity index (χ1v) is 8.54. The van der Waals surface area contributed by atoms with Crippen molar-refractivity contribution in [1.82, 2.24) is 10.6 Å². The van der Waals surface area contributed by atoms with Gasteiger partial charge >= 0.3 is 0 Å². The van der Waals surface area contributed by atoms with E-state index in [1.807, 2.05) is 6.07 Å². The molecule has 2 fully saturated rings. The van der Waals surface area contributed by atoms with Gasteiger partial charge in [-0.2, -0.15) is 0 Å². The summed E-state index contributed by atoms with van der Waals surface area (Å²) in [6.07, 6.45) is 5.35. The largest absolute Gasteiger partial charge is 0.392 e. The molecular formula is C18H26ClFN2O2. The van der Waals surface area contributed by atoms with E-state index in [1.165, 1.54) is 12.5 Å². The smallest absolute Gasteiger partial charge is 0.237 e. The SMILES string of the molecule is Cl.O=C(NCC1(c2cccc(F)c2)CCCCC1)C1CC(O)CN1. The second-order valence-corrected chi connectivity index (χ2v) is 6.92. The molecule has 0 aromatic heterocycles. The molecule has 4 nitrogen and oxygen atoms in total. The zero-order valence-electron chi connectivity index (χ0n) is 13.8. The Bertz CT molecular complexity index is 564. The molecule has 1 amide bonds. The molecule has 0 spiro atoms. The highest BCUT2D eigenvalue weighted by Gasteiger charge is 2.36. The predicted octanol–water partition coefficient (Wildman–Crippen LogP) is 2.29. The number of β-amino-alcohol motifs (C(OH)–C–C–N with tert-alkyl or cyclic N) is 1. The molecule has 3 rings (SSSR count). The Morgan fingerprint density at radius 1 is 1.33 bits per heavy atom. The van der Waals surface area contributed by atoms with E-state index in [4.69, 9.17) is 0 Å². The molecule has 2 aliphatic rings. The summed E-state index contributed by atoms with van der Waals surface area (Å²) in [5, 5.41) is 15.6. The van der Waals surface area contributed by atoms with Gasteiger partial charge in [-0.05, 0) is 37.0 Å². The summed E-state index contributed by atoms with van der Waals surface area (Å²) in [6.45, 7) is 0.997. The third-order valence-electron chi connectivity index (χ3n) is 5.27. The fraction of sp³-hybridized carbons (Fsp3) is 0.611. The number of aliphatic hydroxyl groups is 1. The molecule has 2 unspecified atom stereocenters. The highest BCUT2D eigenvalue weighted by atomic mass is 35.5. The maximum Gasteiger partial charge on any atom is 0.237 e. The highest BCUT2D eigenvalue weighted by Crippen LogP contribution is 2.39. The number of benzene rings is 1. The van der Waals surface area contributed by atoms with Gasteiger partial charge in [-0.3, -0.25) is 4.79 Å². The normalized spacial score (nSPS) is 25.8. The van der Waals surface area contributed by atoms with Gasteiger partial charge in [-0.1, -0.05) is 31.4 Å². The minimum Gasteiger partial charge on any atom is -0.392 e. The summed E-state index contributed by atoms with van der Waals surface area (Å²) < 4.78 is 13.7. The minimum atomic E-state index is -0.447. The van der Waals surface area contributed by atoms with Gasteiger partial charge in [0.15, 0.2) is 0 Å². The van der Waals surface area contributed by atoms with Crippen LogP contribution in [-0.2, 0) is 10.2 Å². The van der Waals surface area contributed by atoms with E-state index >= 15 is 0 Å². The average Bonchev–Trinajstić information content (AvgIpc) is 3.00. The molecule has 3 N–H and O–H groups in total. The molecule has 0 bridgehead atoms. The summed E-state index contributed by atoms with van der Waals surface area (Å²) >= 11 is 0. The summed E-state index contributed by atoms with van der Waals surface area (Å²) in [6, 6.07) is 6.46. The van der Waals surface area contributed by atoms with Crippen molar-refractivity contribution in [3.05, 3.63) is 35.6 Å². The molecule has 1 aromatic carbocycles. The molecule has 24 heavy (non-hydrogen) atoms. The number of halogens is 2. The van der Waals surface area contributed by atoms with Crippen molar-refractivity contribution in [2.24, 2.45) is 0 Å². The maximum absolute atomic E-state index is 13.7. The summed E-state index contributed by atoms with van der Waals surface area (Å²) in [7, 11) is 0. The monoisotopic (exact) mass is 356 g/mol. The number of nitrogens with one attached hydrogen (secondary N) is 2. The zero-order valence-corrected chi connectivity index (χ0v) is 14.6. The van der Waals surface area contributed by atoms with E-state index < -0.39 is 6.10 Å². The molecular weight excluding hydrogens is 331 g/mol. The van der Waals surface area contributed by atoms with E-state index in [1.54, 1.807) is 12.1 Å². The first kappa shape index (κ1) is 19.2. The highest BCUT2D eigenvalue weighted by molar-refractivity contribution is 5.85. The van der Waals surface area contributed by atoms with Gasteiger partial charge in [0.1, 0.15) is 5.82 Å². The maximum atomic E-state index is 13.7. The van der Waals surface area contributed by atoms with Crippen molar-refractivity contribution < 1.29 is 14.3 Å². The van der Waals surface area contributed by atoms with Crippen LogP contribution in [0.4, 0.5) is 4.39 Å².